The molecular formula is C13H22N2O4S. The molecule has 0 radical (unpaired) electrons. The van der Waals surface area contributed by atoms with Gasteiger partial charge in [0.15, 0.2) is 0 Å². The largest absolute Gasteiger partial charge is 0.480 e. The summed E-state index contributed by atoms with van der Waals surface area (Å²) in [5, 5.41) is 11.9. The average molecular weight is 302 g/mol. The summed E-state index contributed by atoms with van der Waals surface area (Å²) in [6, 6.07) is -1.02. The van der Waals surface area contributed by atoms with Crippen molar-refractivity contribution >= 4 is 23.8 Å². The molecule has 20 heavy (non-hydrogen) atoms. The van der Waals surface area contributed by atoms with Crippen LogP contribution < -0.4 is 5.32 Å². The highest BCUT2D eigenvalue weighted by Crippen LogP contribution is 2.20. The minimum Gasteiger partial charge on any atom is -0.480 e. The van der Waals surface area contributed by atoms with Gasteiger partial charge in [-0.3, -0.25) is 0 Å². The topological polar surface area (TPSA) is 78.9 Å². The molecule has 7 heteroatoms. The van der Waals surface area contributed by atoms with E-state index in [9.17, 15) is 9.59 Å². The zero-order chi connectivity index (χ0) is 14.4. The first-order valence-corrected chi connectivity index (χ1v) is 8.30. The number of carbonyl (C=O) groups excluding carboxylic acids is 1. The molecular weight excluding hydrogens is 280 g/mol. The first kappa shape index (κ1) is 15.4. The summed E-state index contributed by atoms with van der Waals surface area (Å²) in [4.78, 5) is 24.5. The Hall–Kier alpha value is -0.950. The lowest BCUT2D eigenvalue weighted by Gasteiger charge is -2.32. The van der Waals surface area contributed by atoms with Crippen molar-refractivity contribution in [3.63, 3.8) is 0 Å². The molecule has 2 aliphatic rings. The third-order valence-corrected chi connectivity index (χ3v) is 4.73. The smallest absolute Gasteiger partial charge is 0.327 e. The van der Waals surface area contributed by atoms with Crippen LogP contribution >= 0.6 is 11.8 Å². The van der Waals surface area contributed by atoms with Gasteiger partial charge in [-0.05, 0) is 12.8 Å². The molecule has 0 aromatic heterocycles. The molecule has 1 saturated heterocycles. The van der Waals surface area contributed by atoms with E-state index >= 15 is 0 Å². The van der Waals surface area contributed by atoms with E-state index in [-0.39, 0.29) is 6.03 Å². The number of carboxylic acids is 1. The quantitative estimate of drug-likeness (QED) is 0.745. The van der Waals surface area contributed by atoms with Crippen molar-refractivity contribution in [1.82, 2.24) is 10.2 Å². The molecule has 1 aliphatic heterocycles. The van der Waals surface area contributed by atoms with Crippen LogP contribution in [0.5, 0.6) is 0 Å². The Morgan fingerprint density at radius 1 is 1.35 bits per heavy atom. The fraction of sp³-hybridized carbons (Fsp3) is 0.846. The fourth-order valence-corrected chi connectivity index (χ4v) is 3.63. The highest BCUT2D eigenvalue weighted by Gasteiger charge is 2.32. The van der Waals surface area contributed by atoms with Crippen molar-refractivity contribution in [2.45, 2.75) is 37.8 Å². The number of aliphatic carboxylic acids is 1. The summed E-state index contributed by atoms with van der Waals surface area (Å²) in [5.74, 6) is 0.312. The number of urea groups is 1. The van der Waals surface area contributed by atoms with Crippen molar-refractivity contribution in [1.29, 1.82) is 0 Å². The summed E-state index contributed by atoms with van der Waals surface area (Å²) in [6.45, 7) is 1.42. The van der Waals surface area contributed by atoms with Crippen LogP contribution in [0, 0.1) is 0 Å². The predicted octanol–water partition coefficient (Wildman–Crippen LogP) is 1.16. The van der Waals surface area contributed by atoms with E-state index in [0.717, 1.165) is 18.6 Å². The van der Waals surface area contributed by atoms with E-state index in [4.69, 9.17) is 9.84 Å². The average Bonchev–Trinajstić information content (AvgIpc) is 2.96. The van der Waals surface area contributed by atoms with Gasteiger partial charge in [-0.1, -0.05) is 12.8 Å². The first-order valence-electron chi connectivity index (χ1n) is 7.15. The Labute approximate surface area is 123 Å². The van der Waals surface area contributed by atoms with Gasteiger partial charge >= 0.3 is 12.0 Å². The molecule has 2 N–H and O–H groups in total. The molecule has 1 unspecified atom stereocenters. The molecule has 2 fully saturated rings. The maximum atomic E-state index is 12.0. The summed E-state index contributed by atoms with van der Waals surface area (Å²) >= 11 is 1.57. The van der Waals surface area contributed by atoms with Gasteiger partial charge in [-0.2, -0.15) is 11.8 Å². The lowest BCUT2D eigenvalue weighted by atomic mass is 10.3. The number of hydrogen-bond acceptors (Lipinski definition) is 4. The minimum atomic E-state index is -0.936. The van der Waals surface area contributed by atoms with Crippen LogP contribution in [0.15, 0.2) is 0 Å². The molecule has 6 nitrogen and oxygen atoms in total. The molecule has 2 rings (SSSR count). The van der Waals surface area contributed by atoms with E-state index in [0.29, 0.717) is 31.6 Å². The standard InChI is InChI=1S/C13H22N2O4S/c16-12(17)11-9-20-8-6-15(11)13(18)14-5-7-19-10-3-1-2-4-10/h10-11H,1-9H2,(H,14,18)(H,16,17). The van der Waals surface area contributed by atoms with Crippen LogP contribution in [-0.2, 0) is 9.53 Å². The number of nitrogens with zero attached hydrogens (tertiary/aromatic N) is 1. The molecule has 0 bridgehead atoms. The van der Waals surface area contributed by atoms with E-state index in [1.54, 1.807) is 11.8 Å². The van der Waals surface area contributed by atoms with Crippen LogP contribution in [0.3, 0.4) is 0 Å². The zero-order valence-electron chi connectivity index (χ0n) is 11.5. The van der Waals surface area contributed by atoms with Gasteiger partial charge in [-0.25, -0.2) is 9.59 Å². The van der Waals surface area contributed by atoms with Gasteiger partial charge in [0.25, 0.3) is 0 Å². The highest BCUT2D eigenvalue weighted by molar-refractivity contribution is 7.99. The van der Waals surface area contributed by atoms with Crippen molar-refractivity contribution in [2.75, 3.05) is 31.2 Å². The molecule has 0 aromatic rings. The Balaban J connectivity index is 1.68. The van der Waals surface area contributed by atoms with Crippen molar-refractivity contribution in [3.05, 3.63) is 0 Å². The summed E-state index contributed by atoms with van der Waals surface area (Å²) < 4.78 is 5.66. The lowest BCUT2D eigenvalue weighted by molar-refractivity contribution is -0.141. The molecule has 0 spiro atoms. The Morgan fingerprint density at radius 2 is 2.10 bits per heavy atom. The number of carbonyl (C=O) groups is 2. The van der Waals surface area contributed by atoms with Crippen molar-refractivity contribution in [2.24, 2.45) is 0 Å². The molecule has 1 heterocycles. The Morgan fingerprint density at radius 3 is 2.80 bits per heavy atom. The minimum absolute atomic E-state index is 0.298. The molecule has 1 saturated carbocycles. The summed E-state index contributed by atoms with van der Waals surface area (Å²) in [5.41, 5.74) is 0. The zero-order valence-corrected chi connectivity index (χ0v) is 12.4. The van der Waals surface area contributed by atoms with E-state index in [2.05, 4.69) is 5.32 Å². The monoisotopic (exact) mass is 302 g/mol. The van der Waals surface area contributed by atoms with Crippen LogP contribution in [0.4, 0.5) is 4.79 Å². The third-order valence-electron chi connectivity index (χ3n) is 3.71. The van der Waals surface area contributed by atoms with Crippen molar-refractivity contribution < 1.29 is 19.4 Å². The van der Waals surface area contributed by atoms with Crippen LogP contribution in [0.25, 0.3) is 0 Å². The Kier molecular flexibility index (Phi) is 5.97. The second kappa shape index (κ2) is 7.73. The molecule has 1 aliphatic carbocycles. The maximum absolute atomic E-state index is 12.0. The molecule has 1 atom stereocenters. The summed E-state index contributed by atoms with van der Waals surface area (Å²) in [6.07, 6.45) is 5.01. The van der Waals surface area contributed by atoms with Crippen LogP contribution in [0.2, 0.25) is 0 Å². The molecule has 114 valence electrons. The molecule has 0 aromatic carbocycles. The molecule has 2 amide bonds. The number of ether oxygens (including phenoxy) is 1. The Bertz CT molecular complexity index is 347. The predicted molar refractivity (Wildman–Crippen MR) is 77.1 cm³/mol. The number of nitrogens with one attached hydrogen (secondary N) is 1. The van der Waals surface area contributed by atoms with Gasteiger partial charge in [0, 0.05) is 24.6 Å². The number of thioether (sulfide) groups is 1. The van der Waals surface area contributed by atoms with Crippen LogP contribution in [-0.4, -0.2) is 65.4 Å². The third kappa shape index (κ3) is 4.28. The maximum Gasteiger partial charge on any atom is 0.327 e. The second-order valence-corrected chi connectivity index (χ2v) is 6.28. The number of hydrogen-bond donors (Lipinski definition) is 2. The number of rotatable bonds is 5. The SMILES string of the molecule is O=C(O)C1CSCCN1C(=O)NCCOC1CCCC1. The highest BCUT2D eigenvalue weighted by atomic mass is 32.2. The van der Waals surface area contributed by atoms with E-state index in [1.807, 2.05) is 0 Å². The normalized spacial score (nSPS) is 23.8. The van der Waals surface area contributed by atoms with Gasteiger partial charge in [0.2, 0.25) is 0 Å². The fourth-order valence-electron chi connectivity index (χ4n) is 2.59. The van der Waals surface area contributed by atoms with Gasteiger partial charge < -0.3 is 20.1 Å². The second-order valence-electron chi connectivity index (χ2n) is 5.13. The van der Waals surface area contributed by atoms with Crippen LogP contribution in [0.1, 0.15) is 25.7 Å². The number of amides is 2. The first-order chi connectivity index (χ1) is 9.68. The number of carboxylic acid groups (broad SMARTS) is 1. The summed E-state index contributed by atoms with van der Waals surface area (Å²) in [7, 11) is 0. The van der Waals surface area contributed by atoms with Gasteiger partial charge in [0.1, 0.15) is 6.04 Å². The van der Waals surface area contributed by atoms with Crippen molar-refractivity contribution in [3.8, 4) is 0 Å². The van der Waals surface area contributed by atoms with Gasteiger partial charge in [0.05, 0.1) is 12.7 Å². The van der Waals surface area contributed by atoms with E-state index < -0.39 is 12.0 Å². The van der Waals surface area contributed by atoms with E-state index in [1.165, 1.54) is 17.7 Å². The lowest BCUT2D eigenvalue weighted by Crippen LogP contribution is -2.54. The van der Waals surface area contributed by atoms with Gasteiger partial charge in [-0.15, -0.1) is 0 Å².